The summed E-state index contributed by atoms with van der Waals surface area (Å²) in [5.41, 5.74) is 1.35. The zero-order valence-corrected chi connectivity index (χ0v) is 86.8. The van der Waals surface area contributed by atoms with Crippen LogP contribution in [0.1, 0.15) is 401 Å². The van der Waals surface area contributed by atoms with E-state index in [1.807, 2.05) is 459 Å². The number of benzene rings is 8. The van der Waals surface area contributed by atoms with Crippen LogP contribution in [0.15, 0.2) is 364 Å². The summed E-state index contributed by atoms with van der Waals surface area (Å²) in [5.74, 6) is -0.317. The molecule has 4 heterocycles. The van der Waals surface area contributed by atoms with Crippen molar-refractivity contribution in [3.63, 3.8) is 0 Å². The molecule has 0 saturated carbocycles. The fourth-order valence-electron chi connectivity index (χ4n) is 6.29. The normalized spacial score (nSPS) is 6.95. The van der Waals surface area contributed by atoms with E-state index < -0.39 is 0 Å². The minimum absolute atomic E-state index is 0. The second-order valence-corrected chi connectivity index (χ2v) is 18.7. The van der Waals surface area contributed by atoms with Crippen LogP contribution in [-0.4, -0.2) is 31.4 Å². The van der Waals surface area contributed by atoms with Crippen molar-refractivity contribution in [1.82, 2.24) is 0 Å². The van der Waals surface area contributed by atoms with Gasteiger partial charge in [0.05, 0.1) is 13.7 Å². The highest BCUT2D eigenvalue weighted by Gasteiger charge is 1.96. The molecule has 0 N–H and O–H groups in total. The van der Waals surface area contributed by atoms with Gasteiger partial charge >= 0.3 is 34.4 Å². The van der Waals surface area contributed by atoms with Gasteiger partial charge in [0.25, 0.3) is 0 Å². The van der Waals surface area contributed by atoms with E-state index in [0.29, 0.717) is 35.4 Å². The number of hydrogen-bond donors (Lipinski definition) is 0. The quantitative estimate of drug-likeness (QED) is 0.0685. The lowest BCUT2D eigenvalue weighted by Crippen LogP contribution is -1.98. The molecule has 4 aromatic heterocycles. The van der Waals surface area contributed by atoms with E-state index in [-0.39, 0.29) is 152 Å². The van der Waals surface area contributed by atoms with Crippen LogP contribution in [0.3, 0.4) is 0 Å². The summed E-state index contributed by atoms with van der Waals surface area (Å²) < 4.78 is 28.4. The molecule has 12 rings (SSSR count). The Balaban J connectivity index is -0.0000000313. The third-order valence-corrected chi connectivity index (χ3v) is 11.1. The minimum Gasteiger partial charge on any atom is -0.469 e. The molecule has 12 aromatic rings. The lowest BCUT2D eigenvalue weighted by Gasteiger charge is -1.91. The fourth-order valence-corrected chi connectivity index (χ4v) is 6.29. The van der Waals surface area contributed by atoms with Gasteiger partial charge in [-0.1, -0.05) is 595 Å². The summed E-state index contributed by atoms with van der Waals surface area (Å²) in [6.45, 7) is 77.5. The largest absolute Gasteiger partial charge is 0.469 e. The van der Waals surface area contributed by atoms with Crippen LogP contribution in [0, 0.1) is 0 Å². The van der Waals surface area contributed by atoms with Crippen molar-refractivity contribution in [2.24, 2.45) is 0 Å². The van der Waals surface area contributed by atoms with Crippen LogP contribution in [0.4, 0.5) is 0 Å². The van der Waals surface area contributed by atoms with Gasteiger partial charge in [-0.05, 0) is 96.1 Å². The van der Waals surface area contributed by atoms with Gasteiger partial charge in [-0.15, -0.1) is 0 Å². The molecular weight excluding hydrogens is 1750 g/mol. The number of esters is 2. The molecule has 13 nitrogen and oxygen atoms in total. The lowest BCUT2D eigenvalue weighted by molar-refractivity contribution is -0.140. The highest BCUT2D eigenvalue weighted by Crippen LogP contribution is 2.12. The monoisotopic (exact) mass is 1990 g/mol. The third kappa shape index (κ3) is 178. The molecule has 0 atom stereocenters. The molecule has 8 aromatic carbocycles. The van der Waals surface area contributed by atoms with Crippen molar-refractivity contribution in [3.8, 4) is 0 Å². The number of unbranched alkanes of at least 4 members (excludes halogenated alkanes) is 1. The highest BCUT2D eigenvalue weighted by atomic mass is 16.5. The summed E-state index contributed by atoms with van der Waals surface area (Å²) in [6.07, 6.45) is 13.4. The van der Waals surface area contributed by atoms with E-state index in [1.165, 1.54) is 63.3 Å². The van der Waals surface area contributed by atoms with E-state index in [0.717, 1.165) is 21.5 Å². The summed E-state index contributed by atoms with van der Waals surface area (Å²) in [5, 5.41) is 3.80. The molecule has 0 aliphatic rings. The number of rotatable bonds is 5. The van der Waals surface area contributed by atoms with Crippen molar-refractivity contribution in [2.45, 2.75) is 401 Å². The number of ether oxygens (including phenoxy) is 2. The maximum Gasteiger partial charge on any atom is 0.336 e. The molecule has 0 aliphatic heterocycles. The molecule has 141 heavy (non-hydrogen) atoms. The third-order valence-electron chi connectivity index (χ3n) is 11.1. The average Bonchev–Trinajstić information content (AvgIpc) is 0.875. The maximum absolute atomic E-state index is 10.7. The molecule has 0 bridgehead atoms. The smallest absolute Gasteiger partial charge is 0.336 e. The molecule has 0 amide bonds. The number of para-hydroxylation sites is 4. The first-order valence-electron chi connectivity index (χ1n) is 46.2. The molecule has 0 radical (unpaired) electrons. The van der Waals surface area contributed by atoms with Gasteiger partial charge in [0, 0.05) is 58.3 Å². The SMILES string of the molecule is C.C.C.C.C.C.C.C.C.C.C.C.C.C.C.C/C=C\C(C)=O.CC.CC.CC.CC.CC.CC.CC.CC.CC.CC.CC.CC.CC.CC.CC.CC=CC.CC=CC(=O)OCC.CCC(=O)OC.CCCC.O=c1ccc2ccccc2o1.O=c1ccc2ccccc2o1.O=c1ccc2ccccc2o1.O=c1ccc2ccccc2o1.c1ccccc1.c1ccccc1.c1ccccc1.c1ccccc1. The molecule has 13 heteroatoms. The Bertz CT molecular complexity index is 3590. The molecule has 0 aliphatic carbocycles. The Labute approximate surface area is 881 Å². The van der Waals surface area contributed by atoms with Crippen molar-refractivity contribution in [2.75, 3.05) is 13.7 Å². The van der Waals surface area contributed by atoms with E-state index in [1.54, 1.807) is 81.5 Å². The van der Waals surface area contributed by atoms with E-state index in [2.05, 4.69) is 23.3 Å². The van der Waals surface area contributed by atoms with Gasteiger partial charge in [0.15, 0.2) is 5.78 Å². The number of carbonyl (C=O) groups excluding carboxylic acids is 3. The number of methoxy groups -OCH3 is 1. The van der Waals surface area contributed by atoms with Gasteiger partial charge in [-0.2, -0.15) is 0 Å². The number of hydrogen-bond acceptors (Lipinski definition) is 13. The Hall–Kier alpha value is -11.6. The first kappa shape index (κ1) is 220. The number of carbonyl (C=O) groups is 3. The van der Waals surface area contributed by atoms with Crippen LogP contribution in [0.5, 0.6) is 0 Å². The minimum atomic E-state index is -0.302. The van der Waals surface area contributed by atoms with Gasteiger partial charge in [0.2, 0.25) is 0 Å². The Morgan fingerprint density at radius 3 is 0.489 bits per heavy atom. The van der Waals surface area contributed by atoms with Gasteiger partial charge in [0.1, 0.15) is 22.3 Å². The number of fused-ring (bicyclic) bond motifs is 4. The Morgan fingerprint density at radius 2 is 0.390 bits per heavy atom. The molecule has 832 valence electrons. The van der Waals surface area contributed by atoms with Gasteiger partial charge in [-0.3, -0.25) is 9.59 Å². The summed E-state index contributed by atoms with van der Waals surface area (Å²) in [4.78, 5) is 73.1. The van der Waals surface area contributed by atoms with Gasteiger partial charge < -0.3 is 27.1 Å². The Morgan fingerprint density at radius 1 is 0.234 bits per heavy atom. The molecular formula is C128H242O13. The van der Waals surface area contributed by atoms with Crippen LogP contribution < -0.4 is 22.5 Å². The summed E-state index contributed by atoms with van der Waals surface area (Å²) in [7, 11) is 1.38. The fraction of sp³-hybridized carbons (Fsp3) is 0.461. The van der Waals surface area contributed by atoms with Crippen LogP contribution in [0.25, 0.3) is 43.9 Å². The van der Waals surface area contributed by atoms with Gasteiger partial charge in [-0.25, -0.2) is 24.0 Å². The molecule has 0 spiro atoms. The van der Waals surface area contributed by atoms with Crippen LogP contribution >= 0.6 is 0 Å². The first-order valence-corrected chi connectivity index (χ1v) is 46.2. The molecule has 0 unspecified atom stereocenters. The molecule has 0 fully saturated rings. The van der Waals surface area contributed by atoms with E-state index >= 15 is 0 Å². The standard InChI is InChI=1S/4C9H6O2.C6H10O2.4C6H6.C5H8O.C4H8O2.C4H10.C4H8.15C2H6.15CH4/c4*10-9-6-5-7-3-1-2-4-8(7)11-9;1-3-5-6(7)8-4-2;4*1-2-4-6-5-3-1;1-3-4-5(2)6;1-3-4(5)6-2;2*1-3-4-2;15*1-2;;;;;;;;;;;;;;;/h4*1-6H;3,5H,4H2,1-2H3;4*1-6H;3-4H,1-2H3;3H2,1-2H3;3-4H2,1-2H3;3-4H,1-2H3;15*1-2H3;15*1H4/b;;;;;;;;;4-3-;;;;;;;;;;;;;;;;;;;;;;;;;;;;;;;;;. The number of ketones is 1. The summed E-state index contributed by atoms with van der Waals surface area (Å²) >= 11 is 0. The van der Waals surface area contributed by atoms with Crippen LogP contribution in [0.2, 0.25) is 0 Å². The Kier molecular flexibility index (Phi) is 343. The van der Waals surface area contributed by atoms with E-state index in [9.17, 15) is 33.6 Å². The number of allylic oxidation sites excluding steroid dienone is 5. The highest BCUT2D eigenvalue weighted by molar-refractivity contribution is 5.87. The predicted octanol–water partition coefficient (Wildman–Crippen LogP) is 45.1. The molecule has 0 saturated heterocycles. The van der Waals surface area contributed by atoms with Crippen LogP contribution in [-0.2, 0) is 23.9 Å². The second-order valence-electron chi connectivity index (χ2n) is 18.7. The predicted molar refractivity (Wildman–Crippen MR) is 667 cm³/mol. The maximum atomic E-state index is 10.7. The average molecular weight is 1990 g/mol. The zero-order chi connectivity index (χ0) is 101. The van der Waals surface area contributed by atoms with Crippen molar-refractivity contribution < 1.29 is 41.5 Å². The van der Waals surface area contributed by atoms with E-state index in [4.69, 9.17) is 17.7 Å². The lowest BCUT2D eigenvalue weighted by atomic mass is 10.2. The second kappa shape index (κ2) is 220. The van der Waals surface area contributed by atoms with Crippen molar-refractivity contribution in [3.05, 3.63) is 369 Å². The summed E-state index contributed by atoms with van der Waals surface area (Å²) in [6, 6.07) is 90.4. The van der Waals surface area contributed by atoms with Crippen molar-refractivity contribution in [1.29, 1.82) is 0 Å². The topological polar surface area (TPSA) is 191 Å². The van der Waals surface area contributed by atoms with Crippen molar-refractivity contribution >= 4 is 61.6 Å². The zero-order valence-electron chi connectivity index (χ0n) is 86.8. The first-order chi connectivity index (χ1) is 61.7.